The zero-order valence-corrected chi connectivity index (χ0v) is 12.6. The van der Waals surface area contributed by atoms with Gasteiger partial charge in [-0.1, -0.05) is 12.8 Å². The topological polar surface area (TPSA) is 66.0 Å². The number of carbonyl (C=O) groups is 1. The molecule has 1 amide bonds. The number of aliphatic hydroxyl groups is 1. The van der Waals surface area contributed by atoms with Crippen molar-refractivity contribution >= 4 is 11.6 Å². The van der Waals surface area contributed by atoms with Crippen LogP contribution in [0.4, 0.5) is 13.2 Å². The summed E-state index contributed by atoms with van der Waals surface area (Å²) >= 11 is 0. The molecule has 126 valence electrons. The first-order valence-electron chi connectivity index (χ1n) is 7.52. The fourth-order valence-corrected chi connectivity index (χ4v) is 3.25. The summed E-state index contributed by atoms with van der Waals surface area (Å²) in [6.07, 6.45) is -2.46. The van der Waals surface area contributed by atoms with Gasteiger partial charge < -0.3 is 9.52 Å². The monoisotopic (exact) mass is 330 g/mol. The van der Waals surface area contributed by atoms with Gasteiger partial charge in [0.25, 0.3) is 5.72 Å². The molecule has 1 aliphatic carbocycles. The van der Waals surface area contributed by atoms with Crippen LogP contribution in [0.5, 0.6) is 0 Å². The molecule has 1 aromatic heterocycles. The van der Waals surface area contributed by atoms with Gasteiger partial charge in [-0.25, -0.2) is 0 Å². The fraction of sp³-hybridized carbons (Fsp3) is 0.600. The maximum atomic E-state index is 13.6. The number of alkyl halides is 3. The third kappa shape index (κ3) is 2.45. The minimum Gasteiger partial charge on any atom is -0.456 e. The molecule has 23 heavy (non-hydrogen) atoms. The summed E-state index contributed by atoms with van der Waals surface area (Å²) in [6, 6.07) is 2.75. The standard InChI is InChI=1S/C15H17F3N2O3/c1-9-7-8-12(23-9)13(21)20-14(22,15(16,17)18)10-5-3-2-4-6-11(10)19-20/h7-8,10,22H,2-6H2,1H3/t10-,14+/m0/s1. The molecule has 3 rings (SSSR count). The Morgan fingerprint density at radius 3 is 2.74 bits per heavy atom. The molecule has 0 saturated heterocycles. The van der Waals surface area contributed by atoms with Gasteiger partial charge in [0.05, 0.1) is 5.92 Å². The molecule has 0 bridgehead atoms. The van der Waals surface area contributed by atoms with Crippen molar-refractivity contribution in [3.8, 4) is 0 Å². The van der Waals surface area contributed by atoms with Crippen LogP contribution in [0.2, 0.25) is 0 Å². The lowest BCUT2D eigenvalue weighted by atomic mass is 9.87. The van der Waals surface area contributed by atoms with Crippen LogP contribution < -0.4 is 0 Å². The third-order valence-corrected chi connectivity index (χ3v) is 4.43. The average molecular weight is 330 g/mol. The minimum absolute atomic E-state index is 0.149. The lowest BCUT2D eigenvalue weighted by Crippen LogP contribution is -2.61. The highest BCUT2D eigenvalue weighted by atomic mass is 19.4. The number of furan rings is 1. The first kappa shape index (κ1) is 16.0. The highest BCUT2D eigenvalue weighted by Gasteiger charge is 2.68. The lowest BCUT2D eigenvalue weighted by Gasteiger charge is -2.36. The number of aryl methyl sites for hydroxylation is 1. The largest absolute Gasteiger partial charge is 0.456 e. The second kappa shape index (κ2) is 5.36. The number of nitrogens with zero attached hydrogens (tertiary/aromatic N) is 2. The Bertz CT molecular complexity index is 653. The van der Waals surface area contributed by atoms with E-state index in [1.54, 1.807) is 6.92 Å². The Hall–Kier alpha value is -1.83. The van der Waals surface area contributed by atoms with Crippen LogP contribution in [-0.4, -0.2) is 33.6 Å². The lowest BCUT2D eigenvalue weighted by molar-refractivity contribution is -0.312. The van der Waals surface area contributed by atoms with Gasteiger partial charge in [0.1, 0.15) is 5.76 Å². The second-order valence-corrected chi connectivity index (χ2v) is 5.99. The van der Waals surface area contributed by atoms with Crippen LogP contribution in [0.25, 0.3) is 0 Å². The van der Waals surface area contributed by atoms with Crippen molar-refractivity contribution in [1.29, 1.82) is 0 Å². The van der Waals surface area contributed by atoms with E-state index in [2.05, 4.69) is 5.10 Å². The van der Waals surface area contributed by atoms with Gasteiger partial charge in [-0.3, -0.25) is 4.79 Å². The van der Waals surface area contributed by atoms with Gasteiger partial charge in [-0.05, 0) is 38.3 Å². The number of carbonyl (C=O) groups excluding carboxylic acids is 1. The molecule has 2 heterocycles. The van der Waals surface area contributed by atoms with Crippen molar-refractivity contribution in [2.75, 3.05) is 0 Å². The van der Waals surface area contributed by atoms with Crippen LogP contribution in [0.15, 0.2) is 21.7 Å². The van der Waals surface area contributed by atoms with Gasteiger partial charge in [0, 0.05) is 5.71 Å². The summed E-state index contributed by atoms with van der Waals surface area (Å²) in [5, 5.41) is 14.5. The molecule has 2 aliphatic rings. The predicted octanol–water partition coefficient (Wildman–Crippen LogP) is 3.23. The molecular weight excluding hydrogens is 313 g/mol. The minimum atomic E-state index is -5.01. The average Bonchev–Trinajstić information content (AvgIpc) is 2.92. The quantitative estimate of drug-likeness (QED) is 0.860. The molecule has 8 heteroatoms. The number of hydrazone groups is 1. The van der Waals surface area contributed by atoms with E-state index in [9.17, 15) is 23.1 Å². The summed E-state index contributed by atoms with van der Waals surface area (Å²) in [5.74, 6) is -2.18. The molecular formula is C15H17F3N2O3. The highest BCUT2D eigenvalue weighted by molar-refractivity contribution is 5.97. The smallest absolute Gasteiger partial charge is 0.439 e. The predicted molar refractivity (Wildman–Crippen MR) is 74.6 cm³/mol. The summed E-state index contributed by atoms with van der Waals surface area (Å²) in [6.45, 7) is 1.58. The first-order chi connectivity index (χ1) is 10.7. The van der Waals surface area contributed by atoms with Gasteiger partial charge in [0.15, 0.2) is 5.76 Å². The molecule has 1 aliphatic heterocycles. The Kier molecular flexibility index (Phi) is 3.74. The number of halogens is 3. The van der Waals surface area contributed by atoms with Gasteiger partial charge in [-0.2, -0.15) is 23.3 Å². The molecule has 0 spiro atoms. The van der Waals surface area contributed by atoms with E-state index in [0.29, 0.717) is 25.0 Å². The summed E-state index contributed by atoms with van der Waals surface area (Å²) < 4.78 is 46.0. The van der Waals surface area contributed by atoms with E-state index >= 15 is 0 Å². The van der Waals surface area contributed by atoms with Crippen LogP contribution in [0.1, 0.15) is 48.4 Å². The summed E-state index contributed by atoms with van der Waals surface area (Å²) in [5.41, 5.74) is -3.08. The van der Waals surface area contributed by atoms with Crippen molar-refractivity contribution in [3.05, 3.63) is 23.7 Å². The van der Waals surface area contributed by atoms with Gasteiger partial charge >= 0.3 is 12.1 Å². The zero-order valence-electron chi connectivity index (χ0n) is 12.6. The number of hydrogen-bond acceptors (Lipinski definition) is 4. The maximum absolute atomic E-state index is 13.6. The van der Waals surface area contributed by atoms with Crippen LogP contribution in [-0.2, 0) is 0 Å². The first-order valence-corrected chi connectivity index (χ1v) is 7.52. The van der Waals surface area contributed by atoms with Crippen LogP contribution in [0.3, 0.4) is 0 Å². The van der Waals surface area contributed by atoms with Crippen LogP contribution in [0, 0.1) is 12.8 Å². The second-order valence-electron chi connectivity index (χ2n) is 5.99. The molecule has 1 fully saturated rings. The molecule has 1 aromatic rings. The molecule has 0 radical (unpaired) electrons. The van der Waals surface area contributed by atoms with Crippen molar-refractivity contribution < 1.29 is 27.5 Å². The highest BCUT2D eigenvalue weighted by Crippen LogP contribution is 2.48. The molecule has 1 saturated carbocycles. The number of amides is 1. The van der Waals surface area contributed by atoms with E-state index in [-0.39, 0.29) is 22.9 Å². The fourth-order valence-electron chi connectivity index (χ4n) is 3.25. The van der Waals surface area contributed by atoms with Crippen molar-refractivity contribution in [2.24, 2.45) is 11.0 Å². The maximum Gasteiger partial charge on any atom is 0.439 e. The number of hydrogen-bond donors (Lipinski definition) is 1. The molecule has 0 unspecified atom stereocenters. The molecule has 1 N–H and O–H groups in total. The van der Waals surface area contributed by atoms with Gasteiger partial charge in [0.2, 0.25) is 0 Å². The van der Waals surface area contributed by atoms with Crippen molar-refractivity contribution in [3.63, 3.8) is 0 Å². The van der Waals surface area contributed by atoms with E-state index < -0.39 is 23.7 Å². The van der Waals surface area contributed by atoms with Crippen molar-refractivity contribution in [2.45, 2.75) is 50.9 Å². The van der Waals surface area contributed by atoms with Crippen LogP contribution >= 0.6 is 0 Å². The molecule has 0 aromatic carbocycles. The Morgan fingerprint density at radius 1 is 1.39 bits per heavy atom. The third-order valence-electron chi connectivity index (χ3n) is 4.43. The van der Waals surface area contributed by atoms with E-state index in [1.807, 2.05) is 0 Å². The summed E-state index contributed by atoms with van der Waals surface area (Å²) in [4.78, 5) is 12.4. The molecule has 2 atom stereocenters. The SMILES string of the molecule is Cc1ccc(C(=O)N2N=C3CCCCC[C@@H]3[C@@]2(O)C(F)(F)F)o1. The number of fused-ring (bicyclic) bond motifs is 1. The Labute approximate surface area is 130 Å². The Balaban J connectivity index is 2.04. The van der Waals surface area contributed by atoms with E-state index in [0.717, 1.165) is 6.42 Å². The van der Waals surface area contributed by atoms with Crippen molar-refractivity contribution in [1.82, 2.24) is 5.01 Å². The Morgan fingerprint density at radius 2 is 2.13 bits per heavy atom. The van der Waals surface area contributed by atoms with E-state index in [1.165, 1.54) is 12.1 Å². The summed E-state index contributed by atoms with van der Waals surface area (Å²) in [7, 11) is 0. The number of rotatable bonds is 1. The molecule has 5 nitrogen and oxygen atoms in total. The van der Waals surface area contributed by atoms with E-state index in [4.69, 9.17) is 4.42 Å². The zero-order chi connectivity index (χ0) is 16.8. The normalized spacial score (nSPS) is 28.3. The van der Waals surface area contributed by atoms with Gasteiger partial charge in [-0.15, -0.1) is 0 Å².